The monoisotopic (exact) mass is 339 g/mol. The fraction of sp³-hybridized carbons (Fsp3) is 0.222. The van der Waals surface area contributed by atoms with Crippen LogP contribution >= 0.6 is 12.2 Å². The predicted octanol–water partition coefficient (Wildman–Crippen LogP) is 2.57. The van der Waals surface area contributed by atoms with Crippen LogP contribution in [0.2, 0.25) is 0 Å². The zero-order valence-corrected chi connectivity index (χ0v) is 13.9. The number of anilines is 1. The maximum atomic E-state index is 13.0. The standard InChI is InChI=1S/C18H17N3O2S/c1-18-14(16(22)19-11-7-3-2-4-8-11)15(20-17(24)21-18)12-9-5-6-10-13(12)23-18/h2-10,14-15H,1H3,(H,19,22)(H2,20,21,24). The van der Waals surface area contributed by atoms with E-state index in [1.54, 1.807) is 0 Å². The number of carbonyl (C=O) groups excluding carboxylic acids is 1. The zero-order chi connectivity index (χ0) is 16.7. The molecule has 0 saturated carbocycles. The van der Waals surface area contributed by atoms with E-state index < -0.39 is 11.6 Å². The fourth-order valence-electron chi connectivity index (χ4n) is 3.43. The van der Waals surface area contributed by atoms with E-state index >= 15 is 0 Å². The Labute approximate surface area is 145 Å². The van der Waals surface area contributed by atoms with Crippen LogP contribution in [0.1, 0.15) is 18.5 Å². The number of ether oxygens (including phenoxy) is 1. The molecule has 4 rings (SSSR count). The number of hydrogen-bond acceptors (Lipinski definition) is 3. The number of hydrogen-bond donors (Lipinski definition) is 3. The summed E-state index contributed by atoms with van der Waals surface area (Å²) in [6.45, 7) is 1.86. The summed E-state index contributed by atoms with van der Waals surface area (Å²) in [6.07, 6.45) is 0. The molecular formula is C18H17N3O2S. The molecule has 0 aliphatic carbocycles. The Morgan fingerprint density at radius 1 is 1.17 bits per heavy atom. The molecule has 2 aromatic rings. The first-order valence-electron chi connectivity index (χ1n) is 7.79. The van der Waals surface area contributed by atoms with Crippen LogP contribution in [0.3, 0.4) is 0 Å². The minimum absolute atomic E-state index is 0.120. The van der Waals surface area contributed by atoms with Crippen molar-refractivity contribution in [3.63, 3.8) is 0 Å². The second-order valence-corrected chi connectivity index (χ2v) is 6.56. The lowest BCUT2D eigenvalue weighted by Crippen LogP contribution is -2.70. The van der Waals surface area contributed by atoms with Gasteiger partial charge < -0.3 is 20.7 Å². The highest BCUT2D eigenvalue weighted by atomic mass is 32.1. The van der Waals surface area contributed by atoms with Crippen molar-refractivity contribution in [2.45, 2.75) is 18.7 Å². The Morgan fingerprint density at radius 3 is 2.67 bits per heavy atom. The van der Waals surface area contributed by atoms with Gasteiger partial charge in [0.25, 0.3) is 0 Å². The Bertz CT molecular complexity index is 811. The van der Waals surface area contributed by atoms with Crippen molar-refractivity contribution >= 4 is 28.9 Å². The average molecular weight is 339 g/mol. The summed E-state index contributed by atoms with van der Waals surface area (Å²) in [5.74, 6) is 0.168. The van der Waals surface area contributed by atoms with E-state index in [-0.39, 0.29) is 11.9 Å². The van der Waals surface area contributed by atoms with E-state index in [1.807, 2.05) is 61.5 Å². The third kappa shape index (κ3) is 2.39. The SMILES string of the molecule is CC12NC(=S)NC(c3ccccc3O1)C2C(=O)Nc1ccccc1. The number of benzene rings is 2. The van der Waals surface area contributed by atoms with Crippen molar-refractivity contribution in [1.29, 1.82) is 0 Å². The smallest absolute Gasteiger partial charge is 0.236 e. The molecule has 1 saturated heterocycles. The van der Waals surface area contributed by atoms with Gasteiger partial charge in [0.15, 0.2) is 10.8 Å². The minimum atomic E-state index is -0.903. The van der Waals surface area contributed by atoms with E-state index in [4.69, 9.17) is 17.0 Å². The molecule has 3 N–H and O–H groups in total. The van der Waals surface area contributed by atoms with Crippen molar-refractivity contribution in [3.05, 3.63) is 60.2 Å². The van der Waals surface area contributed by atoms with E-state index in [0.29, 0.717) is 5.11 Å². The summed E-state index contributed by atoms with van der Waals surface area (Å²) in [5.41, 5.74) is 0.790. The molecule has 3 unspecified atom stereocenters. The van der Waals surface area contributed by atoms with Crippen LogP contribution in [-0.2, 0) is 4.79 Å². The average Bonchev–Trinajstić information content (AvgIpc) is 2.54. The van der Waals surface area contributed by atoms with Crippen LogP contribution in [0.15, 0.2) is 54.6 Å². The molecule has 0 radical (unpaired) electrons. The quantitative estimate of drug-likeness (QED) is 0.734. The highest BCUT2D eigenvalue weighted by molar-refractivity contribution is 7.80. The molecule has 3 atom stereocenters. The number of carbonyl (C=O) groups is 1. The molecule has 0 aromatic heterocycles. The second kappa shape index (κ2) is 5.49. The molecule has 5 nitrogen and oxygen atoms in total. The highest BCUT2D eigenvalue weighted by Crippen LogP contribution is 2.44. The zero-order valence-electron chi connectivity index (χ0n) is 13.1. The molecule has 2 bridgehead atoms. The normalized spacial score (nSPS) is 27.1. The first kappa shape index (κ1) is 15.0. The summed E-state index contributed by atoms with van der Waals surface area (Å²) in [4.78, 5) is 13.0. The first-order chi connectivity index (χ1) is 11.6. The lowest BCUT2D eigenvalue weighted by molar-refractivity contribution is -0.132. The second-order valence-electron chi connectivity index (χ2n) is 6.16. The van der Waals surface area contributed by atoms with E-state index in [9.17, 15) is 4.79 Å². The number of fused-ring (bicyclic) bond motifs is 4. The molecule has 2 aromatic carbocycles. The third-order valence-corrected chi connectivity index (χ3v) is 4.69. The Kier molecular flexibility index (Phi) is 3.42. The van der Waals surface area contributed by atoms with Crippen LogP contribution in [0.4, 0.5) is 5.69 Å². The lowest BCUT2D eigenvalue weighted by atomic mass is 9.80. The molecule has 1 amide bonds. The Balaban J connectivity index is 1.72. The van der Waals surface area contributed by atoms with Gasteiger partial charge >= 0.3 is 0 Å². The Hall–Kier alpha value is -2.60. The summed E-state index contributed by atoms with van der Waals surface area (Å²) < 4.78 is 6.13. The molecule has 24 heavy (non-hydrogen) atoms. The molecular weight excluding hydrogens is 322 g/mol. The van der Waals surface area contributed by atoms with Crippen molar-refractivity contribution in [2.75, 3.05) is 5.32 Å². The van der Waals surface area contributed by atoms with Gasteiger partial charge in [-0.25, -0.2) is 0 Å². The van der Waals surface area contributed by atoms with E-state index in [2.05, 4.69) is 16.0 Å². The molecule has 1 fully saturated rings. The van der Waals surface area contributed by atoms with Crippen molar-refractivity contribution in [2.24, 2.45) is 5.92 Å². The van der Waals surface area contributed by atoms with Crippen LogP contribution in [-0.4, -0.2) is 16.7 Å². The Morgan fingerprint density at radius 2 is 1.88 bits per heavy atom. The van der Waals surface area contributed by atoms with Gasteiger partial charge in [-0.2, -0.15) is 0 Å². The molecule has 0 spiro atoms. The molecule has 2 aliphatic heterocycles. The maximum absolute atomic E-state index is 13.0. The molecule has 122 valence electrons. The van der Waals surface area contributed by atoms with Crippen molar-refractivity contribution < 1.29 is 9.53 Å². The lowest BCUT2D eigenvalue weighted by Gasteiger charge is -2.50. The van der Waals surface area contributed by atoms with Gasteiger partial charge in [-0.05, 0) is 37.3 Å². The van der Waals surface area contributed by atoms with Crippen LogP contribution in [0.25, 0.3) is 0 Å². The maximum Gasteiger partial charge on any atom is 0.236 e. The van der Waals surface area contributed by atoms with E-state index in [1.165, 1.54) is 0 Å². The molecule has 2 heterocycles. The summed E-state index contributed by atoms with van der Waals surface area (Å²) in [7, 11) is 0. The van der Waals surface area contributed by atoms with Crippen LogP contribution in [0, 0.1) is 5.92 Å². The summed E-state index contributed by atoms with van der Waals surface area (Å²) >= 11 is 5.30. The summed E-state index contributed by atoms with van der Waals surface area (Å²) in [5, 5.41) is 9.80. The largest absolute Gasteiger partial charge is 0.467 e. The van der Waals surface area contributed by atoms with Crippen molar-refractivity contribution in [1.82, 2.24) is 10.6 Å². The van der Waals surface area contributed by atoms with Gasteiger partial charge in [0.2, 0.25) is 5.91 Å². The van der Waals surface area contributed by atoms with Gasteiger partial charge in [0, 0.05) is 11.3 Å². The first-order valence-corrected chi connectivity index (χ1v) is 8.20. The topological polar surface area (TPSA) is 62.4 Å². The van der Waals surface area contributed by atoms with Crippen LogP contribution < -0.4 is 20.7 Å². The molecule has 2 aliphatic rings. The van der Waals surface area contributed by atoms with Crippen LogP contribution in [0.5, 0.6) is 5.75 Å². The fourth-order valence-corrected chi connectivity index (χ4v) is 3.76. The number of amides is 1. The van der Waals surface area contributed by atoms with Gasteiger partial charge in [-0.15, -0.1) is 0 Å². The number of para-hydroxylation sites is 2. The molecule has 6 heteroatoms. The van der Waals surface area contributed by atoms with Gasteiger partial charge in [0.05, 0.1) is 6.04 Å². The summed E-state index contributed by atoms with van der Waals surface area (Å²) in [6, 6.07) is 16.9. The van der Waals surface area contributed by atoms with Gasteiger partial charge in [-0.1, -0.05) is 36.4 Å². The van der Waals surface area contributed by atoms with Gasteiger partial charge in [-0.3, -0.25) is 4.79 Å². The van der Waals surface area contributed by atoms with E-state index in [0.717, 1.165) is 17.0 Å². The minimum Gasteiger partial charge on any atom is -0.467 e. The van der Waals surface area contributed by atoms with Gasteiger partial charge in [0.1, 0.15) is 11.7 Å². The predicted molar refractivity (Wildman–Crippen MR) is 95.6 cm³/mol. The number of thiocarbonyl (C=S) groups is 1. The van der Waals surface area contributed by atoms with Crippen molar-refractivity contribution in [3.8, 4) is 5.75 Å². The number of nitrogens with one attached hydrogen (secondary N) is 3. The number of rotatable bonds is 2. The highest BCUT2D eigenvalue weighted by Gasteiger charge is 2.54. The third-order valence-electron chi connectivity index (χ3n) is 4.47.